The van der Waals surface area contributed by atoms with Crippen molar-refractivity contribution in [3.05, 3.63) is 59.2 Å². The number of aliphatic hydroxyl groups excluding tert-OH is 3. The summed E-state index contributed by atoms with van der Waals surface area (Å²) in [7, 11) is 1.31. The summed E-state index contributed by atoms with van der Waals surface area (Å²) in [5.74, 6) is -2.80. The second-order valence-electron chi connectivity index (χ2n) is 12.8. The molecule has 4 aliphatic carbocycles. The Morgan fingerprint density at radius 3 is 2.51 bits per heavy atom. The topological polar surface area (TPSA) is 117 Å². The fraction of sp³-hybridized carbons (Fsp3) is 0.613. The highest BCUT2D eigenvalue weighted by atomic mass is 19.1. The van der Waals surface area contributed by atoms with Crippen molar-refractivity contribution in [2.75, 3.05) is 20.3 Å². The van der Waals surface area contributed by atoms with Gasteiger partial charge in [0.15, 0.2) is 17.1 Å². The number of nitrogens with zero attached hydrogens (tertiary/aromatic N) is 1. The van der Waals surface area contributed by atoms with Gasteiger partial charge >= 0.3 is 5.97 Å². The lowest BCUT2D eigenvalue weighted by atomic mass is 9.44. The Bertz CT molecular complexity index is 1320. The SMILES string of the molecule is COC(=O)c1ccc(CN2C[C@@H]3C[C@H]4[C@@H]5C[C@H](F)C6=CC(O)C=C[C@]6(C)[C@@]5(F)[C@@H](O)C[C@]4(C)[C@]3(C(=O)CO)O2)cc1. The van der Waals surface area contributed by atoms with Gasteiger partial charge in [0.2, 0.25) is 0 Å². The Hall–Kier alpha value is -2.50. The van der Waals surface area contributed by atoms with Crippen LogP contribution in [0.15, 0.2) is 48.1 Å². The van der Waals surface area contributed by atoms with Gasteiger partial charge in [-0.3, -0.25) is 9.63 Å². The minimum Gasteiger partial charge on any atom is -0.465 e. The van der Waals surface area contributed by atoms with E-state index in [1.165, 1.54) is 25.3 Å². The molecule has 1 aliphatic heterocycles. The van der Waals surface area contributed by atoms with Crippen LogP contribution >= 0.6 is 0 Å². The summed E-state index contributed by atoms with van der Waals surface area (Å²) in [5.41, 5.74) is -4.89. The number of benzene rings is 1. The van der Waals surface area contributed by atoms with Crippen molar-refractivity contribution < 1.29 is 43.3 Å². The molecule has 1 heterocycles. The lowest BCUT2D eigenvalue weighted by molar-refractivity contribution is -0.269. The number of ether oxygens (including phenoxy) is 1. The summed E-state index contributed by atoms with van der Waals surface area (Å²) in [6.45, 7) is 3.24. The molecule has 10 heteroatoms. The van der Waals surface area contributed by atoms with Gasteiger partial charge in [0, 0.05) is 35.8 Å². The number of halogens is 2. The van der Waals surface area contributed by atoms with Crippen molar-refractivity contribution in [3.8, 4) is 0 Å². The molecule has 8 nitrogen and oxygen atoms in total. The molecule has 41 heavy (non-hydrogen) atoms. The van der Waals surface area contributed by atoms with Gasteiger partial charge in [-0.1, -0.05) is 31.2 Å². The number of rotatable bonds is 5. The molecule has 4 fully saturated rings. The van der Waals surface area contributed by atoms with Crippen molar-refractivity contribution in [2.45, 2.75) is 69.3 Å². The maximum absolute atomic E-state index is 17.5. The Labute approximate surface area is 237 Å². The molecule has 3 saturated carbocycles. The summed E-state index contributed by atoms with van der Waals surface area (Å²) in [4.78, 5) is 31.9. The minimum absolute atomic E-state index is 0.106. The van der Waals surface area contributed by atoms with Gasteiger partial charge in [0.1, 0.15) is 12.8 Å². The van der Waals surface area contributed by atoms with Crippen molar-refractivity contribution in [2.24, 2.45) is 28.6 Å². The maximum atomic E-state index is 17.5. The zero-order chi connectivity index (χ0) is 29.5. The first-order valence-electron chi connectivity index (χ1n) is 14.2. The number of allylic oxidation sites excluding steroid dienone is 2. The molecule has 1 aromatic carbocycles. The van der Waals surface area contributed by atoms with Crippen LogP contribution in [-0.2, 0) is 20.9 Å². The Morgan fingerprint density at radius 1 is 1.15 bits per heavy atom. The fourth-order valence-corrected chi connectivity index (χ4v) is 9.22. The molecule has 10 atom stereocenters. The van der Waals surface area contributed by atoms with Crippen LogP contribution in [0.2, 0.25) is 0 Å². The first-order chi connectivity index (χ1) is 19.4. The minimum atomic E-state index is -2.22. The fourth-order valence-electron chi connectivity index (χ4n) is 9.22. The highest BCUT2D eigenvalue weighted by Crippen LogP contribution is 2.72. The number of carbonyl (C=O) groups is 2. The third-order valence-corrected chi connectivity index (χ3v) is 11.1. The lowest BCUT2D eigenvalue weighted by Crippen LogP contribution is -2.70. The number of carbonyl (C=O) groups excluding carboxylic acids is 2. The number of esters is 1. The van der Waals surface area contributed by atoms with E-state index >= 15 is 8.78 Å². The van der Waals surface area contributed by atoms with Crippen LogP contribution in [0.25, 0.3) is 0 Å². The number of aliphatic hydroxyl groups is 3. The molecule has 222 valence electrons. The van der Waals surface area contributed by atoms with Crippen LogP contribution in [0.4, 0.5) is 8.78 Å². The van der Waals surface area contributed by atoms with Gasteiger partial charge in [-0.15, -0.1) is 0 Å². The first-order valence-corrected chi connectivity index (χ1v) is 14.2. The van der Waals surface area contributed by atoms with Crippen LogP contribution in [0.5, 0.6) is 0 Å². The average Bonchev–Trinajstić information content (AvgIpc) is 3.43. The van der Waals surface area contributed by atoms with E-state index in [9.17, 15) is 24.9 Å². The van der Waals surface area contributed by atoms with E-state index in [4.69, 9.17) is 9.57 Å². The van der Waals surface area contributed by atoms with Crippen molar-refractivity contribution in [3.63, 3.8) is 0 Å². The average molecular weight is 574 g/mol. The van der Waals surface area contributed by atoms with E-state index in [0.29, 0.717) is 25.1 Å². The quantitative estimate of drug-likeness (QED) is 0.364. The monoisotopic (exact) mass is 573 g/mol. The highest BCUT2D eigenvalue weighted by molar-refractivity contribution is 5.91. The normalized spacial score (nSPS) is 44.8. The number of alkyl halides is 2. The molecular weight excluding hydrogens is 536 g/mol. The number of methoxy groups -OCH3 is 1. The van der Waals surface area contributed by atoms with Crippen molar-refractivity contribution in [1.29, 1.82) is 0 Å². The van der Waals surface area contributed by atoms with Crippen molar-refractivity contribution >= 4 is 11.8 Å². The molecule has 5 aliphatic rings. The predicted octanol–water partition coefficient (Wildman–Crippen LogP) is 2.86. The largest absolute Gasteiger partial charge is 0.465 e. The second-order valence-corrected chi connectivity index (χ2v) is 12.8. The highest BCUT2D eigenvalue weighted by Gasteiger charge is 2.79. The van der Waals surface area contributed by atoms with Crippen LogP contribution in [0.3, 0.4) is 0 Å². The molecule has 1 saturated heterocycles. The van der Waals surface area contributed by atoms with Gasteiger partial charge in [-0.05, 0) is 61.4 Å². The summed E-state index contributed by atoms with van der Waals surface area (Å²) < 4.78 is 38.0. The molecule has 6 rings (SSSR count). The molecule has 1 unspecified atom stereocenters. The van der Waals surface area contributed by atoms with E-state index in [1.807, 2.05) is 6.92 Å². The third kappa shape index (κ3) is 3.67. The van der Waals surface area contributed by atoms with E-state index in [1.54, 1.807) is 36.3 Å². The van der Waals surface area contributed by atoms with E-state index in [-0.39, 0.29) is 18.4 Å². The molecule has 1 aromatic rings. The second kappa shape index (κ2) is 9.50. The number of hydrogen-bond acceptors (Lipinski definition) is 8. The number of hydrogen-bond donors (Lipinski definition) is 3. The number of ketones is 1. The van der Waals surface area contributed by atoms with Gasteiger partial charge in [-0.25, -0.2) is 13.6 Å². The van der Waals surface area contributed by atoms with Gasteiger partial charge in [-0.2, -0.15) is 5.06 Å². The molecule has 0 aromatic heterocycles. The first kappa shape index (κ1) is 28.6. The van der Waals surface area contributed by atoms with E-state index < -0.39 is 76.6 Å². The molecule has 3 N–H and O–H groups in total. The molecular formula is C31H37F2NO7. The van der Waals surface area contributed by atoms with Crippen molar-refractivity contribution in [1.82, 2.24) is 5.06 Å². The summed E-state index contributed by atoms with van der Waals surface area (Å²) in [6, 6.07) is 6.81. The number of Topliss-reactive ketones (excluding diaryl/α,β-unsaturated/α-hetero) is 1. The van der Waals surface area contributed by atoms with Gasteiger partial charge in [0.05, 0.1) is 24.9 Å². The Balaban J connectivity index is 1.34. The number of hydroxylamine groups is 2. The van der Waals surface area contributed by atoms with Crippen LogP contribution in [-0.4, -0.2) is 82.0 Å². The number of fused-ring (bicyclic) bond motifs is 7. The maximum Gasteiger partial charge on any atom is 0.337 e. The smallest absolute Gasteiger partial charge is 0.337 e. The summed E-state index contributed by atoms with van der Waals surface area (Å²) in [5, 5.41) is 33.5. The molecule has 0 bridgehead atoms. The summed E-state index contributed by atoms with van der Waals surface area (Å²) in [6.07, 6.45) is 0.282. The van der Waals surface area contributed by atoms with Gasteiger partial charge in [0.25, 0.3) is 0 Å². The zero-order valence-corrected chi connectivity index (χ0v) is 23.4. The van der Waals surface area contributed by atoms with E-state index in [2.05, 4.69) is 0 Å². The molecule has 0 radical (unpaired) electrons. The van der Waals surface area contributed by atoms with Crippen LogP contribution in [0.1, 0.15) is 49.0 Å². The zero-order valence-electron chi connectivity index (χ0n) is 23.4. The van der Waals surface area contributed by atoms with Crippen LogP contribution < -0.4 is 0 Å². The Kier molecular flexibility index (Phi) is 6.63. The predicted molar refractivity (Wildman–Crippen MR) is 143 cm³/mol. The molecule has 0 amide bonds. The standard InChI is InChI=1S/C31H37F2NO7/c1-28-9-8-20(36)11-23(28)24(32)12-22-21-10-19-15-34(14-17-4-6-18(7-5-17)27(39)40-3)41-31(19,26(38)16-35)29(21,2)13-25(37)30(22,28)33/h4-9,11,19-22,24-25,35-37H,10,12-16H2,1-3H3/t19-,20?,21-,22-,24-,25-,28-,29-,30-,31-/m0/s1. The van der Waals surface area contributed by atoms with Gasteiger partial charge < -0.3 is 20.1 Å². The Morgan fingerprint density at radius 2 is 1.85 bits per heavy atom. The van der Waals surface area contributed by atoms with E-state index in [0.717, 1.165) is 5.56 Å². The molecule has 0 spiro atoms. The third-order valence-electron chi connectivity index (χ3n) is 11.1. The summed E-state index contributed by atoms with van der Waals surface area (Å²) >= 11 is 0. The lowest BCUT2D eigenvalue weighted by Gasteiger charge is -2.63. The van der Waals surface area contributed by atoms with Crippen LogP contribution in [0, 0.1) is 28.6 Å².